The van der Waals surface area contributed by atoms with E-state index in [-0.39, 0.29) is 0 Å². The van der Waals surface area contributed by atoms with Gasteiger partial charge in [0.1, 0.15) is 5.75 Å². The number of halogens is 1. The van der Waals surface area contributed by atoms with Gasteiger partial charge in [0.15, 0.2) is 0 Å². The topological polar surface area (TPSA) is 36.3 Å². The molecule has 0 fully saturated rings. The van der Waals surface area contributed by atoms with Gasteiger partial charge < -0.3 is 9.64 Å². The molecule has 1 aromatic rings. The molecule has 0 aliphatic rings. The third-order valence-corrected chi connectivity index (χ3v) is 2.99. The zero-order valence-corrected chi connectivity index (χ0v) is 12.3. The minimum Gasteiger partial charge on any atom is -0.494 e. The summed E-state index contributed by atoms with van der Waals surface area (Å²) < 4.78 is 5.42. The van der Waals surface area contributed by atoms with Crippen molar-refractivity contribution in [1.29, 1.82) is 5.26 Å². The van der Waals surface area contributed by atoms with Crippen LogP contribution in [0.15, 0.2) is 12.1 Å². The van der Waals surface area contributed by atoms with Crippen molar-refractivity contribution < 1.29 is 4.74 Å². The van der Waals surface area contributed by atoms with Crippen LogP contribution >= 0.6 is 11.6 Å². The Morgan fingerprint density at radius 1 is 1.44 bits per heavy atom. The molecule has 0 saturated carbocycles. The lowest BCUT2D eigenvalue weighted by molar-refractivity contribution is 0.409. The monoisotopic (exact) mass is 266 g/mol. The number of benzene rings is 1. The van der Waals surface area contributed by atoms with Gasteiger partial charge >= 0.3 is 0 Å². The van der Waals surface area contributed by atoms with Gasteiger partial charge in [0.05, 0.1) is 24.3 Å². The minimum atomic E-state index is -0.421. The maximum absolute atomic E-state index is 9.09. The van der Waals surface area contributed by atoms with Crippen molar-refractivity contribution in [3.8, 4) is 11.8 Å². The highest BCUT2D eigenvalue weighted by Gasteiger charge is 2.22. The van der Waals surface area contributed by atoms with E-state index < -0.39 is 5.41 Å². The molecular formula is C14H19ClN2O. The van der Waals surface area contributed by atoms with Gasteiger partial charge in [-0.2, -0.15) is 5.26 Å². The van der Waals surface area contributed by atoms with Gasteiger partial charge in [0.25, 0.3) is 0 Å². The third-order valence-electron chi connectivity index (χ3n) is 2.77. The van der Waals surface area contributed by atoms with E-state index in [0.717, 1.165) is 17.0 Å². The maximum Gasteiger partial charge on any atom is 0.145 e. The van der Waals surface area contributed by atoms with E-state index in [2.05, 4.69) is 6.07 Å². The summed E-state index contributed by atoms with van der Waals surface area (Å²) in [5.74, 6) is 0.802. The molecule has 18 heavy (non-hydrogen) atoms. The van der Waals surface area contributed by atoms with Crippen LogP contribution in [-0.2, 0) is 0 Å². The predicted octanol–water partition coefficient (Wildman–Crippen LogP) is 3.64. The van der Waals surface area contributed by atoms with Gasteiger partial charge in [-0.1, -0.05) is 11.6 Å². The van der Waals surface area contributed by atoms with Crippen molar-refractivity contribution >= 4 is 17.3 Å². The van der Waals surface area contributed by atoms with Gasteiger partial charge in [-0.05, 0) is 38.5 Å². The molecule has 1 aromatic carbocycles. The Hall–Kier alpha value is -1.40. The van der Waals surface area contributed by atoms with E-state index in [1.165, 1.54) is 0 Å². The predicted molar refractivity (Wildman–Crippen MR) is 75.4 cm³/mol. The van der Waals surface area contributed by atoms with Gasteiger partial charge in [0.2, 0.25) is 0 Å². The van der Waals surface area contributed by atoms with Crippen LogP contribution in [0.3, 0.4) is 0 Å². The SMILES string of the molecule is COc1c(C)cc(Cl)cc1N(C)CC(C)(C)C#N. The highest BCUT2D eigenvalue weighted by molar-refractivity contribution is 6.31. The Labute approximate surface area is 114 Å². The average molecular weight is 267 g/mol. The van der Waals surface area contributed by atoms with E-state index in [1.54, 1.807) is 7.11 Å². The van der Waals surface area contributed by atoms with Gasteiger partial charge in [0, 0.05) is 18.6 Å². The first-order valence-corrected chi connectivity index (χ1v) is 6.15. The molecule has 0 radical (unpaired) electrons. The van der Waals surface area contributed by atoms with Crippen LogP contribution in [-0.4, -0.2) is 20.7 Å². The van der Waals surface area contributed by atoms with E-state index in [9.17, 15) is 0 Å². The number of hydrogen-bond acceptors (Lipinski definition) is 3. The van der Waals surface area contributed by atoms with Gasteiger partial charge in [-0.3, -0.25) is 0 Å². The summed E-state index contributed by atoms with van der Waals surface area (Å²) >= 11 is 6.08. The van der Waals surface area contributed by atoms with Crippen LogP contribution in [0.25, 0.3) is 0 Å². The van der Waals surface area contributed by atoms with Crippen molar-refractivity contribution in [2.24, 2.45) is 5.41 Å². The summed E-state index contributed by atoms with van der Waals surface area (Å²) in [5, 5.41) is 9.76. The van der Waals surface area contributed by atoms with Crippen LogP contribution < -0.4 is 9.64 Å². The molecule has 0 spiro atoms. The number of aryl methyl sites for hydroxylation is 1. The molecule has 0 amide bonds. The second-order valence-corrected chi connectivity index (χ2v) is 5.56. The number of anilines is 1. The lowest BCUT2D eigenvalue weighted by Crippen LogP contribution is -2.30. The molecule has 4 heteroatoms. The Balaban J connectivity index is 3.13. The van der Waals surface area contributed by atoms with E-state index in [4.69, 9.17) is 21.6 Å². The highest BCUT2D eigenvalue weighted by Crippen LogP contribution is 2.35. The summed E-state index contributed by atoms with van der Waals surface area (Å²) in [6, 6.07) is 6.02. The first-order chi connectivity index (χ1) is 8.30. The van der Waals surface area contributed by atoms with E-state index in [1.807, 2.05) is 44.9 Å². The molecule has 0 bridgehead atoms. The average Bonchev–Trinajstić information content (AvgIpc) is 2.27. The zero-order chi connectivity index (χ0) is 13.9. The van der Waals surface area contributed by atoms with E-state index in [0.29, 0.717) is 11.6 Å². The van der Waals surface area contributed by atoms with Crippen molar-refractivity contribution in [1.82, 2.24) is 0 Å². The molecule has 3 nitrogen and oxygen atoms in total. The van der Waals surface area contributed by atoms with Crippen molar-refractivity contribution in [3.05, 3.63) is 22.7 Å². The van der Waals surface area contributed by atoms with Crippen LogP contribution in [0, 0.1) is 23.7 Å². The Kier molecular flexibility index (Phi) is 4.48. The van der Waals surface area contributed by atoms with Crippen LogP contribution in [0.5, 0.6) is 5.75 Å². The molecule has 0 atom stereocenters. The molecule has 0 aliphatic carbocycles. The van der Waals surface area contributed by atoms with Gasteiger partial charge in [-0.25, -0.2) is 0 Å². The molecule has 0 saturated heterocycles. The number of methoxy groups -OCH3 is 1. The first kappa shape index (κ1) is 14.7. The maximum atomic E-state index is 9.09. The molecule has 0 aliphatic heterocycles. The van der Waals surface area contributed by atoms with Crippen LogP contribution in [0.2, 0.25) is 5.02 Å². The summed E-state index contributed by atoms with van der Waals surface area (Å²) in [4.78, 5) is 2.00. The molecule has 0 heterocycles. The first-order valence-electron chi connectivity index (χ1n) is 5.77. The zero-order valence-electron chi connectivity index (χ0n) is 11.5. The molecule has 0 unspecified atom stereocenters. The Morgan fingerprint density at radius 2 is 2.06 bits per heavy atom. The number of nitriles is 1. The fraction of sp³-hybridized carbons (Fsp3) is 0.500. The van der Waals surface area contributed by atoms with Crippen molar-refractivity contribution in [2.45, 2.75) is 20.8 Å². The fourth-order valence-electron chi connectivity index (χ4n) is 1.97. The van der Waals surface area contributed by atoms with Gasteiger partial charge in [-0.15, -0.1) is 0 Å². The minimum absolute atomic E-state index is 0.421. The van der Waals surface area contributed by atoms with E-state index >= 15 is 0 Å². The standard InChI is InChI=1S/C14H19ClN2O/c1-10-6-11(15)7-12(13(10)18-5)17(4)9-14(2,3)8-16/h6-7H,9H2,1-5H3. The molecule has 0 N–H and O–H groups in total. The lowest BCUT2D eigenvalue weighted by atomic mass is 9.95. The lowest BCUT2D eigenvalue weighted by Gasteiger charge is -2.28. The number of hydrogen-bond donors (Lipinski definition) is 0. The molecule has 98 valence electrons. The summed E-state index contributed by atoms with van der Waals surface area (Å²) in [6.45, 7) is 6.39. The third kappa shape index (κ3) is 3.30. The second-order valence-electron chi connectivity index (χ2n) is 5.13. The quantitative estimate of drug-likeness (QED) is 0.835. The number of rotatable bonds is 4. The number of nitrogens with zero attached hydrogens (tertiary/aromatic N) is 2. The smallest absolute Gasteiger partial charge is 0.145 e. The van der Waals surface area contributed by atoms with Crippen molar-refractivity contribution in [3.63, 3.8) is 0 Å². The number of ether oxygens (including phenoxy) is 1. The second kappa shape index (κ2) is 5.49. The molecule has 0 aromatic heterocycles. The normalized spacial score (nSPS) is 10.9. The van der Waals surface area contributed by atoms with Crippen LogP contribution in [0.4, 0.5) is 5.69 Å². The molecule has 1 rings (SSSR count). The fourth-order valence-corrected chi connectivity index (χ4v) is 2.24. The summed E-state index contributed by atoms with van der Waals surface area (Å²) in [7, 11) is 3.58. The highest BCUT2D eigenvalue weighted by atomic mass is 35.5. The summed E-state index contributed by atoms with van der Waals surface area (Å²) in [5.41, 5.74) is 1.48. The Morgan fingerprint density at radius 3 is 2.56 bits per heavy atom. The molecular weight excluding hydrogens is 248 g/mol. The Bertz CT molecular complexity index is 477. The van der Waals surface area contributed by atoms with Crippen molar-refractivity contribution in [2.75, 3.05) is 25.6 Å². The largest absolute Gasteiger partial charge is 0.494 e. The summed E-state index contributed by atoms with van der Waals surface area (Å²) in [6.07, 6.45) is 0. The van der Waals surface area contributed by atoms with Crippen LogP contribution in [0.1, 0.15) is 19.4 Å².